The van der Waals surface area contributed by atoms with E-state index in [0.717, 1.165) is 27.8 Å². The number of benzene rings is 2. The molecule has 4 heteroatoms. The Kier molecular flexibility index (Phi) is 3.17. The summed E-state index contributed by atoms with van der Waals surface area (Å²) in [6.07, 6.45) is 0.296. The van der Waals surface area contributed by atoms with Crippen molar-refractivity contribution in [2.45, 2.75) is 13.3 Å². The summed E-state index contributed by atoms with van der Waals surface area (Å²) in [5.41, 5.74) is 3.64. The van der Waals surface area contributed by atoms with Crippen molar-refractivity contribution in [2.75, 3.05) is 0 Å². The van der Waals surface area contributed by atoms with Crippen LogP contribution in [-0.4, -0.2) is 9.78 Å². The summed E-state index contributed by atoms with van der Waals surface area (Å²) in [6.45, 7) is 1.99. The van der Waals surface area contributed by atoms with Gasteiger partial charge in [0.2, 0.25) is 0 Å². The number of fused-ring (bicyclic) bond motifs is 1. The Labute approximate surface area is 122 Å². The van der Waals surface area contributed by atoms with Crippen molar-refractivity contribution in [3.05, 3.63) is 58.7 Å². The highest BCUT2D eigenvalue weighted by atomic mass is 35.5. The Balaban J connectivity index is 2.30. The zero-order valence-corrected chi connectivity index (χ0v) is 11.7. The van der Waals surface area contributed by atoms with Crippen molar-refractivity contribution in [3.63, 3.8) is 0 Å². The van der Waals surface area contributed by atoms with Crippen LogP contribution in [0.25, 0.3) is 16.6 Å². The summed E-state index contributed by atoms with van der Waals surface area (Å²) in [4.78, 5) is 0. The van der Waals surface area contributed by atoms with Gasteiger partial charge in [-0.2, -0.15) is 10.4 Å². The summed E-state index contributed by atoms with van der Waals surface area (Å²) < 4.78 is 1.77. The number of nitriles is 1. The van der Waals surface area contributed by atoms with Crippen LogP contribution < -0.4 is 0 Å². The van der Waals surface area contributed by atoms with Crippen LogP contribution in [0.2, 0.25) is 5.02 Å². The molecule has 0 N–H and O–H groups in total. The topological polar surface area (TPSA) is 41.6 Å². The van der Waals surface area contributed by atoms with Crippen molar-refractivity contribution < 1.29 is 0 Å². The van der Waals surface area contributed by atoms with E-state index in [-0.39, 0.29) is 0 Å². The molecule has 3 nitrogen and oxygen atoms in total. The van der Waals surface area contributed by atoms with Gasteiger partial charge in [-0.1, -0.05) is 35.9 Å². The lowest BCUT2D eigenvalue weighted by Crippen LogP contribution is -2.02. The molecule has 98 valence electrons. The van der Waals surface area contributed by atoms with Gasteiger partial charge in [0, 0.05) is 5.39 Å². The third-order valence-corrected chi connectivity index (χ3v) is 3.56. The van der Waals surface area contributed by atoms with Gasteiger partial charge in [0.05, 0.1) is 34.4 Å². The lowest BCUT2D eigenvalue weighted by molar-refractivity contribution is 0.844. The smallest absolute Gasteiger partial charge is 0.0931 e. The van der Waals surface area contributed by atoms with Crippen molar-refractivity contribution in [1.29, 1.82) is 5.26 Å². The first-order valence-electron chi connectivity index (χ1n) is 6.31. The van der Waals surface area contributed by atoms with Crippen LogP contribution in [0.4, 0.5) is 0 Å². The van der Waals surface area contributed by atoms with Gasteiger partial charge < -0.3 is 0 Å². The first-order chi connectivity index (χ1) is 9.70. The van der Waals surface area contributed by atoms with E-state index in [1.807, 2.05) is 49.4 Å². The second-order valence-electron chi connectivity index (χ2n) is 4.67. The molecule has 0 saturated carbocycles. The number of halogens is 1. The normalized spacial score (nSPS) is 10.7. The fraction of sp³-hybridized carbons (Fsp3) is 0.125. The number of aromatic nitrogens is 2. The molecular weight excluding hydrogens is 270 g/mol. The molecule has 1 aromatic heterocycles. The largest absolute Gasteiger partial charge is 0.234 e. The number of hydrogen-bond donors (Lipinski definition) is 0. The molecule has 1 heterocycles. The second kappa shape index (κ2) is 4.99. The predicted octanol–water partition coefficient (Wildman–Crippen LogP) is 4.05. The molecule has 0 aliphatic rings. The van der Waals surface area contributed by atoms with E-state index >= 15 is 0 Å². The maximum atomic E-state index is 9.06. The van der Waals surface area contributed by atoms with Crippen LogP contribution in [-0.2, 0) is 6.42 Å². The Hall–Kier alpha value is -2.31. The molecule has 2 aromatic carbocycles. The van der Waals surface area contributed by atoms with Gasteiger partial charge in [0.15, 0.2) is 0 Å². The van der Waals surface area contributed by atoms with Crippen LogP contribution in [0, 0.1) is 18.3 Å². The number of aryl methyl sites for hydroxylation is 1. The molecule has 0 saturated heterocycles. The van der Waals surface area contributed by atoms with Crippen LogP contribution in [0.3, 0.4) is 0 Å². The SMILES string of the molecule is Cc1ccc(-n2nc3ccccc3c2CC#N)c(Cl)c1. The van der Waals surface area contributed by atoms with Gasteiger partial charge in [-0.25, -0.2) is 4.68 Å². The summed E-state index contributed by atoms with van der Waals surface area (Å²) in [5, 5.41) is 15.3. The summed E-state index contributed by atoms with van der Waals surface area (Å²) in [7, 11) is 0. The Morgan fingerprint density at radius 3 is 2.80 bits per heavy atom. The number of nitrogens with zero attached hydrogens (tertiary/aromatic N) is 3. The Bertz CT molecular complexity index is 827. The molecular formula is C16H12ClN3. The van der Waals surface area contributed by atoms with E-state index in [2.05, 4.69) is 11.2 Å². The van der Waals surface area contributed by atoms with Crippen LogP contribution >= 0.6 is 11.6 Å². The van der Waals surface area contributed by atoms with Gasteiger partial charge >= 0.3 is 0 Å². The third-order valence-electron chi connectivity index (χ3n) is 3.26. The van der Waals surface area contributed by atoms with Gasteiger partial charge in [0.1, 0.15) is 0 Å². The summed E-state index contributed by atoms with van der Waals surface area (Å²) in [5.74, 6) is 0. The monoisotopic (exact) mass is 281 g/mol. The molecule has 0 fully saturated rings. The van der Waals surface area contributed by atoms with Gasteiger partial charge in [-0.05, 0) is 30.7 Å². The Morgan fingerprint density at radius 2 is 2.05 bits per heavy atom. The van der Waals surface area contributed by atoms with E-state index < -0.39 is 0 Å². The van der Waals surface area contributed by atoms with E-state index in [0.29, 0.717) is 11.4 Å². The van der Waals surface area contributed by atoms with Crippen LogP contribution in [0.1, 0.15) is 11.3 Å². The van der Waals surface area contributed by atoms with Gasteiger partial charge in [0.25, 0.3) is 0 Å². The van der Waals surface area contributed by atoms with Crippen molar-refractivity contribution >= 4 is 22.5 Å². The molecule has 0 aliphatic carbocycles. The minimum absolute atomic E-state index is 0.296. The minimum Gasteiger partial charge on any atom is -0.234 e. The molecule has 0 spiro atoms. The molecule has 0 bridgehead atoms. The minimum atomic E-state index is 0.296. The van der Waals surface area contributed by atoms with E-state index in [4.69, 9.17) is 16.9 Å². The first-order valence-corrected chi connectivity index (χ1v) is 6.68. The molecule has 3 rings (SSSR count). The number of hydrogen-bond acceptors (Lipinski definition) is 2. The second-order valence-corrected chi connectivity index (χ2v) is 5.07. The lowest BCUT2D eigenvalue weighted by atomic mass is 10.1. The zero-order valence-electron chi connectivity index (χ0n) is 11.0. The highest BCUT2D eigenvalue weighted by Crippen LogP contribution is 2.27. The fourth-order valence-electron chi connectivity index (χ4n) is 2.32. The van der Waals surface area contributed by atoms with Crippen molar-refractivity contribution in [1.82, 2.24) is 9.78 Å². The molecule has 3 aromatic rings. The molecule has 0 aliphatic heterocycles. The zero-order chi connectivity index (χ0) is 14.1. The van der Waals surface area contributed by atoms with E-state index in [1.165, 1.54) is 0 Å². The van der Waals surface area contributed by atoms with Gasteiger partial charge in [-0.15, -0.1) is 0 Å². The lowest BCUT2D eigenvalue weighted by Gasteiger charge is -2.08. The fourth-order valence-corrected chi connectivity index (χ4v) is 2.63. The third kappa shape index (κ3) is 2.04. The summed E-state index contributed by atoms with van der Waals surface area (Å²) in [6, 6.07) is 15.8. The average Bonchev–Trinajstić information content (AvgIpc) is 2.78. The van der Waals surface area contributed by atoms with E-state index in [1.54, 1.807) is 4.68 Å². The number of rotatable bonds is 2. The highest BCUT2D eigenvalue weighted by molar-refractivity contribution is 6.32. The highest BCUT2D eigenvalue weighted by Gasteiger charge is 2.14. The maximum absolute atomic E-state index is 9.06. The predicted molar refractivity (Wildman–Crippen MR) is 80.1 cm³/mol. The molecule has 0 amide bonds. The van der Waals surface area contributed by atoms with Crippen LogP contribution in [0.15, 0.2) is 42.5 Å². The maximum Gasteiger partial charge on any atom is 0.0931 e. The van der Waals surface area contributed by atoms with Crippen molar-refractivity contribution in [3.8, 4) is 11.8 Å². The molecule has 20 heavy (non-hydrogen) atoms. The van der Waals surface area contributed by atoms with Crippen molar-refractivity contribution in [2.24, 2.45) is 0 Å². The van der Waals surface area contributed by atoms with Crippen LogP contribution in [0.5, 0.6) is 0 Å². The van der Waals surface area contributed by atoms with E-state index in [9.17, 15) is 0 Å². The first kappa shape index (κ1) is 12.7. The Morgan fingerprint density at radius 1 is 1.25 bits per heavy atom. The molecule has 0 radical (unpaired) electrons. The van der Waals surface area contributed by atoms with Gasteiger partial charge in [-0.3, -0.25) is 0 Å². The quantitative estimate of drug-likeness (QED) is 0.711. The average molecular weight is 282 g/mol. The standard InChI is InChI=1S/C16H12ClN3/c1-11-6-7-16(13(17)10-11)20-15(8-9-18)12-4-2-3-5-14(12)19-20/h2-7,10H,8H2,1H3. The summed E-state index contributed by atoms with van der Waals surface area (Å²) >= 11 is 6.32. The molecule has 0 unspecified atom stereocenters. The molecule has 0 atom stereocenters.